The van der Waals surface area contributed by atoms with Crippen molar-refractivity contribution in [2.24, 2.45) is 5.11 Å². The highest BCUT2D eigenvalue weighted by molar-refractivity contribution is 7.33. The molecule has 1 aliphatic heterocycles. The Morgan fingerprint density at radius 2 is 2.29 bits per heavy atom. The van der Waals surface area contributed by atoms with E-state index in [9.17, 15) is 14.2 Å². The molecule has 0 bridgehead atoms. The fourth-order valence-electron chi connectivity index (χ4n) is 2.30. The van der Waals surface area contributed by atoms with E-state index in [4.69, 9.17) is 19.3 Å². The van der Waals surface area contributed by atoms with Gasteiger partial charge in [0, 0.05) is 27.7 Å². The maximum absolute atomic E-state index is 11.9. The molecular formula is C12H17N5O6P+. The number of azide groups is 1. The van der Waals surface area contributed by atoms with Crippen molar-refractivity contribution in [3.05, 3.63) is 43.0 Å². The van der Waals surface area contributed by atoms with Gasteiger partial charge in [-0.1, -0.05) is 5.11 Å². The smallest absolute Gasteiger partial charge is 0.352 e. The van der Waals surface area contributed by atoms with Crippen LogP contribution < -0.4 is 11.2 Å². The van der Waals surface area contributed by atoms with Crippen molar-refractivity contribution < 1.29 is 18.3 Å². The third-order valence-electron chi connectivity index (χ3n) is 3.44. The van der Waals surface area contributed by atoms with Crippen LogP contribution in [0.2, 0.25) is 0 Å². The van der Waals surface area contributed by atoms with E-state index in [1.807, 2.05) is 0 Å². The lowest BCUT2D eigenvalue weighted by Crippen LogP contribution is -2.33. The second kappa shape index (κ2) is 8.18. The standard InChI is InChI=1S/C12H16N5O6P/c1-3-21-24(20)22-6-9-8(15-16-13)4-10(23-9)17-5-7(2)11(18)14-12(17)19/h5,8-10H,3-4,6H2,1-2H3/p+1/t8-,9+,10+/m0/s1. The molecule has 11 nitrogen and oxygen atoms in total. The van der Waals surface area contributed by atoms with E-state index in [1.54, 1.807) is 13.8 Å². The first kappa shape index (κ1) is 18.3. The molecule has 0 radical (unpaired) electrons. The van der Waals surface area contributed by atoms with Gasteiger partial charge < -0.3 is 4.74 Å². The van der Waals surface area contributed by atoms with Crippen LogP contribution in [0, 0.1) is 6.92 Å². The van der Waals surface area contributed by atoms with Crippen LogP contribution >= 0.6 is 8.25 Å². The fourth-order valence-corrected chi connectivity index (χ4v) is 2.85. The van der Waals surface area contributed by atoms with Crippen LogP contribution in [0.1, 0.15) is 25.1 Å². The zero-order valence-corrected chi connectivity index (χ0v) is 14.0. The Hall–Kier alpha value is -2.03. The first-order valence-corrected chi connectivity index (χ1v) is 8.30. The first-order valence-electron chi connectivity index (χ1n) is 7.21. The molecule has 1 fully saturated rings. The summed E-state index contributed by atoms with van der Waals surface area (Å²) in [7, 11) is -2.29. The topological polar surface area (TPSA) is 148 Å². The summed E-state index contributed by atoms with van der Waals surface area (Å²) >= 11 is 0. The molecule has 1 saturated heterocycles. The Labute approximate surface area is 137 Å². The van der Waals surface area contributed by atoms with Crippen molar-refractivity contribution in [1.82, 2.24) is 9.55 Å². The van der Waals surface area contributed by atoms with Crippen molar-refractivity contribution in [2.75, 3.05) is 13.2 Å². The number of aromatic amines is 1. The fraction of sp³-hybridized carbons (Fsp3) is 0.667. The van der Waals surface area contributed by atoms with E-state index in [0.29, 0.717) is 5.56 Å². The average molecular weight is 358 g/mol. The molecule has 4 atom stereocenters. The highest BCUT2D eigenvalue weighted by atomic mass is 31.1. The van der Waals surface area contributed by atoms with Crippen molar-refractivity contribution in [1.29, 1.82) is 0 Å². The van der Waals surface area contributed by atoms with Gasteiger partial charge in [-0.15, -0.1) is 9.05 Å². The molecule has 0 spiro atoms. The zero-order chi connectivity index (χ0) is 17.7. The number of ether oxygens (including phenoxy) is 1. The molecule has 2 heterocycles. The maximum Gasteiger partial charge on any atom is 0.697 e. The molecule has 0 aromatic carbocycles. The number of nitrogens with one attached hydrogen (secondary N) is 1. The van der Waals surface area contributed by atoms with E-state index in [-0.39, 0.29) is 19.6 Å². The minimum atomic E-state index is -2.29. The third kappa shape index (κ3) is 4.28. The Morgan fingerprint density at radius 1 is 1.54 bits per heavy atom. The highest BCUT2D eigenvalue weighted by Gasteiger charge is 2.38. The quantitative estimate of drug-likeness (QED) is 0.338. The van der Waals surface area contributed by atoms with Gasteiger partial charge in [-0.05, 0) is 19.4 Å². The van der Waals surface area contributed by atoms with Crippen LogP contribution in [0.5, 0.6) is 0 Å². The second-order valence-corrected chi connectivity index (χ2v) is 6.02. The van der Waals surface area contributed by atoms with Gasteiger partial charge in [-0.2, -0.15) is 0 Å². The summed E-state index contributed by atoms with van der Waals surface area (Å²) < 4.78 is 28.1. The van der Waals surface area contributed by atoms with Gasteiger partial charge in [0.25, 0.3) is 5.56 Å². The van der Waals surface area contributed by atoms with Crippen molar-refractivity contribution >= 4 is 8.25 Å². The van der Waals surface area contributed by atoms with Gasteiger partial charge in [0.2, 0.25) is 0 Å². The normalized spacial score (nSPS) is 23.8. The number of aromatic nitrogens is 2. The van der Waals surface area contributed by atoms with Gasteiger partial charge in [-0.3, -0.25) is 14.3 Å². The summed E-state index contributed by atoms with van der Waals surface area (Å²) in [6, 6.07) is -0.607. The number of hydrogen-bond donors (Lipinski definition) is 1. The Balaban J connectivity index is 2.16. The number of H-pyrrole nitrogens is 1. The third-order valence-corrected chi connectivity index (χ3v) is 4.27. The summed E-state index contributed by atoms with van der Waals surface area (Å²) in [5.74, 6) is 0. The van der Waals surface area contributed by atoms with Crippen LogP contribution in [0.25, 0.3) is 10.4 Å². The number of aryl methyl sites for hydroxylation is 1. The Kier molecular flexibility index (Phi) is 6.24. The average Bonchev–Trinajstić information content (AvgIpc) is 2.92. The summed E-state index contributed by atoms with van der Waals surface area (Å²) in [5.41, 5.74) is 7.90. The molecule has 0 amide bonds. The predicted molar refractivity (Wildman–Crippen MR) is 82.7 cm³/mol. The maximum atomic E-state index is 11.9. The largest absolute Gasteiger partial charge is 0.697 e. The number of nitrogens with zero attached hydrogens (tertiary/aromatic N) is 4. The monoisotopic (exact) mass is 358 g/mol. The molecule has 1 aromatic rings. The molecule has 24 heavy (non-hydrogen) atoms. The number of rotatable bonds is 7. The van der Waals surface area contributed by atoms with Crippen LogP contribution in [-0.2, 0) is 18.3 Å². The van der Waals surface area contributed by atoms with Gasteiger partial charge in [-0.25, -0.2) is 4.79 Å². The molecule has 1 aliphatic rings. The van der Waals surface area contributed by atoms with Crippen LogP contribution in [0.4, 0.5) is 0 Å². The number of hydrogen-bond acceptors (Lipinski definition) is 7. The molecule has 0 saturated carbocycles. The lowest BCUT2D eigenvalue weighted by atomic mass is 10.1. The molecule has 2 rings (SSSR count). The summed E-state index contributed by atoms with van der Waals surface area (Å²) in [6.07, 6.45) is 0.171. The highest BCUT2D eigenvalue weighted by Crippen LogP contribution is 2.33. The molecule has 1 unspecified atom stereocenters. The van der Waals surface area contributed by atoms with Crippen molar-refractivity contribution in [3.63, 3.8) is 0 Å². The van der Waals surface area contributed by atoms with Crippen molar-refractivity contribution in [3.8, 4) is 0 Å². The minimum Gasteiger partial charge on any atom is -0.352 e. The van der Waals surface area contributed by atoms with E-state index >= 15 is 0 Å². The van der Waals surface area contributed by atoms with Crippen molar-refractivity contribution in [2.45, 2.75) is 38.6 Å². The Bertz CT molecular complexity index is 770. The van der Waals surface area contributed by atoms with Gasteiger partial charge in [0.15, 0.2) is 0 Å². The van der Waals surface area contributed by atoms with E-state index in [0.717, 1.165) is 0 Å². The molecule has 12 heteroatoms. The lowest BCUT2D eigenvalue weighted by Gasteiger charge is -2.14. The summed E-state index contributed by atoms with van der Waals surface area (Å²) in [5, 5.41) is 3.63. The molecule has 1 aromatic heterocycles. The Morgan fingerprint density at radius 3 is 2.96 bits per heavy atom. The van der Waals surface area contributed by atoms with Crippen LogP contribution in [0.15, 0.2) is 20.9 Å². The second-order valence-electron chi connectivity index (χ2n) is 5.05. The first-order chi connectivity index (χ1) is 11.5. The summed E-state index contributed by atoms with van der Waals surface area (Å²) in [4.78, 5) is 28.3. The zero-order valence-electron chi connectivity index (χ0n) is 13.1. The molecular weight excluding hydrogens is 341 g/mol. The minimum absolute atomic E-state index is 0.119. The van der Waals surface area contributed by atoms with Gasteiger partial charge in [0.05, 0.1) is 12.1 Å². The van der Waals surface area contributed by atoms with Gasteiger partial charge >= 0.3 is 13.9 Å². The molecule has 130 valence electrons. The molecule has 1 N–H and O–H groups in total. The van der Waals surface area contributed by atoms with E-state index in [2.05, 4.69) is 15.0 Å². The van der Waals surface area contributed by atoms with E-state index in [1.165, 1.54) is 10.8 Å². The van der Waals surface area contributed by atoms with E-state index < -0.39 is 37.9 Å². The predicted octanol–water partition coefficient (Wildman–Crippen LogP) is 1.52. The molecule has 0 aliphatic carbocycles. The van der Waals surface area contributed by atoms with Crippen LogP contribution in [0.3, 0.4) is 0 Å². The lowest BCUT2D eigenvalue weighted by molar-refractivity contribution is -0.0234. The summed E-state index contributed by atoms with van der Waals surface area (Å²) in [6.45, 7) is 3.34. The van der Waals surface area contributed by atoms with Crippen LogP contribution in [-0.4, -0.2) is 34.9 Å². The SMILES string of the molecule is CCO[P+](=O)OC[C@H]1O[C@@H](n2cc(C)c(=O)[nH]c2=O)C[C@@H]1N=[N+]=[N-]. The van der Waals surface area contributed by atoms with Gasteiger partial charge in [0.1, 0.15) is 19.4 Å².